The summed E-state index contributed by atoms with van der Waals surface area (Å²) in [7, 11) is 0. The van der Waals surface area contributed by atoms with Crippen molar-refractivity contribution in [3.63, 3.8) is 0 Å². The van der Waals surface area contributed by atoms with Crippen molar-refractivity contribution in [3.8, 4) is 0 Å². The van der Waals surface area contributed by atoms with E-state index in [1.54, 1.807) is 0 Å². The maximum atomic E-state index is 3.42. The molecule has 0 fully saturated rings. The van der Waals surface area contributed by atoms with Crippen LogP contribution in [0.4, 0.5) is 0 Å². The summed E-state index contributed by atoms with van der Waals surface area (Å²) in [5.74, 6) is 0. The van der Waals surface area contributed by atoms with Crippen LogP contribution in [0.15, 0.2) is 22.7 Å². The van der Waals surface area contributed by atoms with Crippen LogP contribution in [0.5, 0.6) is 0 Å². The van der Waals surface area contributed by atoms with Gasteiger partial charge in [0.05, 0.1) is 0 Å². The summed E-state index contributed by atoms with van der Waals surface area (Å²) in [5.41, 5.74) is 1.41. The van der Waals surface area contributed by atoms with E-state index in [9.17, 15) is 0 Å². The molecule has 0 aliphatic heterocycles. The van der Waals surface area contributed by atoms with Gasteiger partial charge in [0.2, 0.25) is 0 Å². The molecule has 0 aliphatic carbocycles. The molecule has 1 aromatic rings. The number of halogens is 1. The SMILES string of the molecule is Cc1ccc(Br)c[c]1[Pb]. The standard InChI is InChI=1S/C7H6Br.Pb/c1-6-2-4-7(8)5-3-6;/h2,4-5H,1H3;. The summed E-state index contributed by atoms with van der Waals surface area (Å²) in [6, 6.07) is 6.41. The molecule has 0 spiro atoms. The van der Waals surface area contributed by atoms with Crippen LogP contribution < -0.4 is 3.12 Å². The molecule has 0 N–H and O–H groups in total. The molecule has 3 radical (unpaired) electrons. The number of rotatable bonds is 0. The second-order valence-corrected chi connectivity index (χ2v) is 4.97. The van der Waals surface area contributed by atoms with E-state index in [1.165, 1.54) is 13.2 Å². The second-order valence-electron chi connectivity index (χ2n) is 1.96. The van der Waals surface area contributed by atoms with Gasteiger partial charge in [-0.25, -0.2) is 0 Å². The predicted octanol–water partition coefficient (Wildman–Crippen LogP) is 1.55. The molecule has 0 saturated heterocycles. The normalized spacial score (nSPS) is 9.67. The van der Waals surface area contributed by atoms with Crippen molar-refractivity contribution in [2.75, 3.05) is 0 Å². The summed E-state index contributed by atoms with van der Waals surface area (Å²) in [6.45, 7) is 2.15. The Morgan fingerprint density at radius 3 is 2.56 bits per heavy atom. The molecule has 0 amide bonds. The molecule has 1 aromatic carbocycles. The van der Waals surface area contributed by atoms with Gasteiger partial charge < -0.3 is 0 Å². The summed E-state index contributed by atoms with van der Waals surface area (Å²) < 4.78 is 2.67. The molecule has 0 nitrogen and oxygen atoms in total. The van der Waals surface area contributed by atoms with Crippen LogP contribution in [0.1, 0.15) is 5.56 Å². The van der Waals surface area contributed by atoms with E-state index in [0.29, 0.717) is 0 Å². The Bertz CT molecular complexity index is 220. The molecule has 0 saturated carbocycles. The van der Waals surface area contributed by atoms with Crippen LogP contribution in [0.25, 0.3) is 0 Å². The van der Waals surface area contributed by atoms with Gasteiger partial charge in [-0.2, -0.15) is 0 Å². The average molecular weight is 377 g/mol. The van der Waals surface area contributed by atoms with Gasteiger partial charge >= 0.3 is 80.0 Å². The summed E-state index contributed by atoms with van der Waals surface area (Å²) >= 11 is 4.56. The zero-order chi connectivity index (χ0) is 6.85. The monoisotopic (exact) mass is 377 g/mol. The van der Waals surface area contributed by atoms with Gasteiger partial charge in [-0.15, -0.1) is 0 Å². The van der Waals surface area contributed by atoms with Gasteiger partial charge in [-0.05, 0) is 0 Å². The number of aryl methyl sites for hydroxylation is 1. The zero-order valence-corrected chi connectivity index (χ0v) is 10.6. The van der Waals surface area contributed by atoms with Gasteiger partial charge in [0.15, 0.2) is 0 Å². The van der Waals surface area contributed by atoms with Crippen molar-refractivity contribution in [1.82, 2.24) is 0 Å². The molecule has 2 heteroatoms. The average Bonchev–Trinajstić information content (AvgIpc) is 1.80. The molecule has 9 heavy (non-hydrogen) atoms. The Morgan fingerprint density at radius 1 is 1.44 bits per heavy atom. The molecular formula is C7H6BrPb. The van der Waals surface area contributed by atoms with Crippen LogP contribution in [-0.4, -0.2) is 25.8 Å². The molecule has 0 heterocycles. The van der Waals surface area contributed by atoms with E-state index >= 15 is 0 Å². The van der Waals surface area contributed by atoms with Crippen molar-refractivity contribution in [1.29, 1.82) is 0 Å². The fraction of sp³-hybridized carbons (Fsp3) is 0.143. The number of benzene rings is 1. The molecule has 0 unspecified atom stereocenters. The Labute approximate surface area is 79.5 Å². The molecule has 1 rings (SSSR count). The van der Waals surface area contributed by atoms with Crippen LogP contribution >= 0.6 is 15.9 Å². The fourth-order valence-electron chi connectivity index (χ4n) is 0.594. The maximum absolute atomic E-state index is 3.42. The molecule has 0 aromatic heterocycles. The third kappa shape index (κ3) is 2.04. The van der Waals surface area contributed by atoms with Gasteiger partial charge in [0.25, 0.3) is 0 Å². The minimum atomic E-state index is 1.14. The van der Waals surface area contributed by atoms with Gasteiger partial charge in [-0.3, -0.25) is 0 Å². The number of hydrogen-bond donors (Lipinski definition) is 0. The van der Waals surface area contributed by atoms with E-state index in [4.69, 9.17) is 0 Å². The third-order valence-electron chi connectivity index (χ3n) is 1.20. The van der Waals surface area contributed by atoms with Gasteiger partial charge in [0.1, 0.15) is 0 Å². The minimum absolute atomic E-state index is 1.14. The zero-order valence-electron chi connectivity index (χ0n) is 5.11. The Morgan fingerprint density at radius 2 is 2.11 bits per heavy atom. The van der Waals surface area contributed by atoms with E-state index in [0.717, 1.165) is 25.8 Å². The van der Waals surface area contributed by atoms with Crippen LogP contribution in [0.3, 0.4) is 0 Å². The van der Waals surface area contributed by atoms with Crippen molar-refractivity contribution in [3.05, 3.63) is 28.2 Å². The van der Waals surface area contributed by atoms with Crippen molar-refractivity contribution in [2.45, 2.75) is 6.92 Å². The predicted molar refractivity (Wildman–Crippen MR) is 44.3 cm³/mol. The molecular weight excluding hydrogens is 371 g/mol. The van der Waals surface area contributed by atoms with E-state index in [2.05, 4.69) is 41.1 Å². The Hall–Kier alpha value is 0.622. The topological polar surface area (TPSA) is 0 Å². The van der Waals surface area contributed by atoms with Crippen LogP contribution in [0, 0.1) is 6.92 Å². The molecule has 0 atom stereocenters. The number of hydrogen-bond acceptors (Lipinski definition) is 0. The summed E-state index contributed by atoms with van der Waals surface area (Å²) in [6.07, 6.45) is 0. The van der Waals surface area contributed by atoms with E-state index in [-0.39, 0.29) is 0 Å². The van der Waals surface area contributed by atoms with Crippen LogP contribution in [-0.2, 0) is 0 Å². The van der Waals surface area contributed by atoms with Crippen LogP contribution in [0.2, 0.25) is 0 Å². The molecule has 0 aliphatic rings. The molecule has 0 bridgehead atoms. The third-order valence-corrected chi connectivity index (χ3v) is 3.79. The van der Waals surface area contributed by atoms with Crippen molar-refractivity contribution < 1.29 is 0 Å². The first kappa shape index (κ1) is 7.73. The Kier molecular flexibility index (Phi) is 2.70. The van der Waals surface area contributed by atoms with Gasteiger partial charge in [-0.1, -0.05) is 0 Å². The molecule has 45 valence electrons. The van der Waals surface area contributed by atoms with Crippen molar-refractivity contribution in [2.24, 2.45) is 0 Å². The quantitative estimate of drug-likeness (QED) is 0.602. The summed E-state index contributed by atoms with van der Waals surface area (Å²) in [4.78, 5) is 0. The first-order chi connectivity index (χ1) is 4.20. The first-order valence-corrected chi connectivity index (χ1v) is 5.41. The fourth-order valence-corrected chi connectivity index (χ4v) is 2.71. The van der Waals surface area contributed by atoms with Gasteiger partial charge in [0, 0.05) is 0 Å². The second kappa shape index (κ2) is 3.14. The first-order valence-electron chi connectivity index (χ1n) is 2.68. The van der Waals surface area contributed by atoms with E-state index in [1.807, 2.05) is 0 Å². The van der Waals surface area contributed by atoms with E-state index < -0.39 is 0 Å². The summed E-state index contributed by atoms with van der Waals surface area (Å²) in [5, 5.41) is 0. The van der Waals surface area contributed by atoms with Crippen molar-refractivity contribution >= 4 is 44.8 Å². The Balaban J connectivity index is 3.17.